The molecule has 6 heteroatoms. The monoisotopic (exact) mass is 389 g/mol. The Labute approximate surface area is 128 Å². The topological polar surface area (TPSA) is 57.6 Å². The number of carbonyl (C=O) groups excluding carboxylic acids is 1. The molecule has 0 aromatic heterocycles. The highest BCUT2D eigenvalue weighted by atomic mass is 79.9. The molecule has 0 bridgehead atoms. The largest absolute Gasteiger partial charge is 0.481 e. The van der Waals surface area contributed by atoms with Crippen LogP contribution in [0.5, 0.6) is 0 Å². The van der Waals surface area contributed by atoms with Crippen LogP contribution in [0.4, 0.5) is 0 Å². The number of carboxylic acid groups (broad SMARTS) is 1. The molecule has 4 nitrogen and oxygen atoms in total. The van der Waals surface area contributed by atoms with Crippen molar-refractivity contribution in [1.29, 1.82) is 0 Å². The third-order valence-electron chi connectivity index (χ3n) is 3.49. The summed E-state index contributed by atoms with van der Waals surface area (Å²) in [6.45, 7) is 2.27. The smallest absolute Gasteiger partial charge is 0.308 e. The van der Waals surface area contributed by atoms with Crippen molar-refractivity contribution in [3.05, 3.63) is 32.7 Å². The summed E-state index contributed by atoms with van der Waals surface area (Å²) in [5.41, 5.74) is 0.557. The van der Waals surface area contributed by atoms with Gasteiger partial charge in [0.05, 0.1) is 11.5 Å². The molecule has 0 aliphatic carbocycles. The van der Waals surface area contributed by atoms with Gasteiger partial charge in [-0.25, -0.2) is 0 Å². The van der Waals surface area contributed by atoms with Crippen molar-refractivity contribution in [3.63, 3.8) is 0 Å². The highest BCUT2D eigenvalue weighted by molar-refractivity contribution is 9.11. The summed E-state index contributed by atoms with van der Waals surface area (Å²) >= 11 is 6.70. The molecular weight excluding hydrogens is 378 g/mol. The Morgan fingerprint density at radius 2 is 2.05 bits per heavy atom. The SMILES string of the molecule is CC1C(C(=O)O)CCN1C(=O)c1ccc(Br)cc1Br. The zero-order valence-electron chi connectivity index (χ0n) is 10.3. The van der Waals surface area contributed by atoms with Crippen molar-refractivity contribution in [2.75, 3.05) is 6.54 Å². The molecule has 0 spiro atoms. The lowest BCUT2D eigenvalue weighted by molar-refractivity contribution is -0.142. The number of benzene rings is 1. The second kappa shape index (κ2) is 5.63. The van der Waals surface area contributed by atoms with E-state index in [9.17, 15) is 9.59 Å². The quantitative estimate of drug-likeness (QED) is 0.843. The third kappa shape index (κ3) is 2.84. The van der Waals surface area contributed by atoms with E-state index in [0.717, 1.165) is 4.47 Å². The van der Waals surface area contributed by atoms with Crippen LogP contribution in [0.2, 0.25) is 0 Å². The molecule has 2 unspecified atom stereocenters. The molecule has 1 aliphatic heterocycles. The van der Waals surface area contributed by atoms with Crippen LogP contribution in [0.1, 0.15) is 23.7 Å². The maximum atomic E-state index is 12.4. The summed E-state index contributed by atoms with van der Waals surface area (Å²) in [7, 11) is 0. The molecule has 1 aromatic carbocycles. The fraction of sp³-hybridized carbons (Fsp3) is 0.385. The predicted octanol–water partition coefficient (Wildman–Crippen LogP) is 3.15. The molecule has 0 radical (unpaired) electrons. The molecule has 1 fully saturated rings. The van der Waals surface area contributed by atoms with E-state index in [1.165, 1.54) is 0 Å². The first-order chi connectivity index (χ1) is 8.91. The average Bonchev–Trinajstić information content (AvgIpc) is 2.70. The Bertz CT molecular complexity index is 533. The molecule has 1 amide bonds. The van der Waals surface area contributed by atoms with Gasteiger partial charge in [-0.3, -0.25) is 9.59 Å². The number of carbonyl (C=O) groups is 2. The van der Waals surface area contributed by atoms with Gasteiger partial charge in [0, 0.05) is 21.5 Å². The highest BCUT2D eigenvalue weighted by Crippen LogP contribution is 2.29. The van der Waals surface area contributed by atoms with Gasteiger partial charge in [0.25, 0.3) is 5.91 Å². The van der Waals surface area contributed by atoms with Crippen LogP contribution in [0, 0.1) is 5.92 Å². The van der Waals surface area contributed by atoms with Crippen molar-refractivity contribution in [2.45, 2.75) is 19.4 Å². The van der Waals surface area contributed by atoms with Crippen molar-refractivity contribution in [2.24, 2.45) is 5.92 Å². The Kier molecular flexibility index (Phi) is 4.30. The summed E-state index contributed by atoms with van der Waals surface area (Å²) < 4.78 is 1.59. The number of amides is 1. The van der Waals surface area contributed by atoms with Gasteiger partial charge in [0.1, 0.15) is 0 Å². The lowest BCUT2D eigenvalue weighted by Gasteiger charge is -2.23. The number of aliphatic carboxylic acids is 1. The van der Waals surface area contributed by atoms with E-state index in [1.807, 2.05) is 6.07 Å². The molecule has 0 saturated carbocycles. The molecule has 1 N–H and O–H groups in total. The standard InChI is InChI=1S/C13H13Br2NO3/c1-7-9(13(18)19)4-5-16(7)12(17)10-3-2-8(14)6-11(10)15/h2-3,6-7,9H,4-5H2,1H3,(H,18,19). The Morgan fingerprint density at radius 3 is 2.58 bits per heavy atom. The van der Waals surface area contributed by atoms with Gasteiger partial charge in [0.15, 0.2) is 0 Å². The summed E-state index contributed by atoms with van der Waals surface area (Å²) in [6, 6.07) is 5.06. The van der Waals surface area contributed by atoms with E-state index < -0.39 is 11.9 Å². The second-order valence-corrected chi connectivity index (χ2v) is 6.37. The number of rotatable bonds is 2. The lowest BCUT2D eigenvalue weighted by Crippen LogP contribution is -2.37. The maximum absolute atomic E-state index is 12.4. The first kappa shape index (κ1) is 14.5. The van der Waals surface area contributed by atoms with Gasteiger partial charge >= 0.3 is 5.97 Å². The normalized spacial score (nSPS) is 22.6. The van der Waals surface area contributed by atoms with E-state index in [2.05, 4.69) is 31.9 Å². The molecule has 1 aromatic rings. The molecular formula is C13H13Br2NO3. The number of halogens is 2. The Hall–Kier alpha value is -0.880. The average molecular weight is 391 g/mol. The lowest BCUT2D eigenvalue weighted by atomic mass is 10.0. The fourth-order valence-electron chi connectivity index (χ4n) is 2.37. The van der Waals surface area contributed by atoms with Crippen LogP contribution >= 0.6 is 31.9 Å². The van der Waals surface area contributed by atoms with E-state index in [-0.39, 0.29) is 11.9 Å². The molecule has 19 heavy (non-hydrogen) atoms. The van der Waals surface area contributed by atoms with Gasteiger partial charge in [-0.1, -0.05) is 15.9 Å². The zero-order chi connectivity index (χ0) is 14.2. The van der Waals surface area contributed by atoms with Gasteiger partial charge in [0.2, 0.25) is 0 Å². The first-order valence-corrected chi connectivity index (χ1v) is 7.49. The molecule has 2 atom stereocenters. The van der Waals surface area contributed by atoms with Crippen LogP contribution in [-0.4, -0.2) is 34.5 Å². The number of nitrogens with zero attached hydrogens (tertiary/aromatic N) is 1. The van der Waals surface area contributed by atoms with Crippen molar-refractivity contribution in [3.8, 4) is 0 Å². The van der Waals surface area contributed by atoms with Crippen molar-refractivity contribution >= 4 is 43.7 Å². The molecule has 2 rings (SSSR count). The van der Waals surface area contributed by atoms with Gasteiger partial charge in [-0.05, 0) is 47.5 Å². The number of carboxylic acids is 1. The van der Waals surface area contributed by atoms with Crippen LogP contribution < -0.4 is 0 Å². The van der Waals surface area contributed by atoms with E-state index in [0.29, 0.717) is 23.0 Å². The number of hydrogen-bond acceptors (Lipinski definition) is 2. The summed E-state index contributed by atoms with van der Waals surface area (Å²) in [5.74, 6) is -1.44. The van der Waals surface area contributed by atoms with Gasteiger partial charge < -0.3 is 10.0 Å². The van der Waals surface area contributed by atoms with E-state index >= 15 is 0 Å². The second-order valence-electron chi connectivity index (χ2n) is 4.60. The van der Waals surface area contributed by atoms with Crippen LogP contribution in [-0.2, 0) is 4.79 Å². The molecule has 1 heterocycles. The summed E-state index contributed by atoms with van der Waals surface area (Å²) in [4.78, 5) is 25.2. The molecule has 102 valence electrons. The number of hydrogen-bond donors (Lipinski definition) is 1. The number of likely N-dealkylation sites (tertiary alicyclic amines) is 1. The van der Waals surface area contributed by atoms with Crippen LogP contribution in [0.3, 0.4) is 0 Å². The van der Waals surface area contributed by atoms with Gasteiger partial charge in [-0.2, -0.15) is 0 Å². The van der Waals surface area contributed by atoms with Crippen molar-refractivity contribution in [1.82, 2.24) is 4.90 Å². The fourth-order valence-corrected chi connectivity index (χ4v) is 3.59. The maximum Gasteiger partial charge on any atom is 0.308 e. The summed E-state index contributed by atoms with van der Waals surface area (Å²) in [5, 5.41) is 9.09. The minimum atomic E-state index is -0.835. The zero-order valence-corrected chi connectivity index (χ0v) is 13.4. The van der Waals surface area contributed by atoms with Crippen LogP contribution in [0.25, 0.3) is 0 Å². The van der Waals surface area contributed by atoms with Crippen molar-refractivity contribution < 1.29 is 14.7 Å². The van der Waals surface area contributed by atoms with Gasteiger partial charge in [-0.15, -0.1) is 0 Å². The Balaban J connectivity index is 2.23. The predicted molar refractivity (Wildman–Crippen MR) is 78.1 cm³/mol. The Morgan fingerprint density at radius 1 is 1.37 bits per heavy atom. The van der Waals surface area contributed by atoms with E-state index in [4.69, 9.17) is 5.11 Å². The first-order valence-electron chi connectivity index (χ1n) is 5.90. The van der Waals surface area contributed by atoms with Crippen LogP contribution in [0.15, 0.2) is 27.1 Å². The third-order valence-corrected chi connectivity index (χ3v) is 4.64. The minimum Gasteiger partial charge on any atom is -0.481 e. The molecule has 1 aliphatic rings. The highest BCUT2D eigenvalue weighted by Gasteiger charge is 2.38. The minimum absolute atomic E-state index is 0.129. The van der Waals surface area contributed by atoms with E-state index in [1.54, 1.807) is 24.0 Å². The molecule has 1 saturated heterocycles. The summed E-state index contributed by atoms with van der Waals surface area (Å²) in [6.07, 6.45) is 0.510.